The second kappa shape index (κ2) is 6.76. The van der Waals surface area contributed by atoms with Crippen molar-refractivity contribution in [1.29, 1.82) is 0 Å². The molecule has 0 aromatic carbocycles. The summed E-state index contributed by atoms with van der Waals surface area (Å²) in [6, 6.07) is 0. The highest BCUT2D eigenvalue weighted by molar-refractivity contribution is 6.09. The van der Waals surface area contributed by atoms with Crippen LogP contribution in [0.1, 0.15) is 48.5 Å². The lowest BCUT2D eigenvalue weighted by Gasteiger charge is -2.51. The monoisotopic (exact) mass is 430 g/mol. The molecule has 7 nitrogen and oxygen atoms in total. The molecule has 7 heteroatoms. The van der Waals surface area contributed by atoms with Gasteiger partial charge in [0, 0.05) is 17.1 Å². The molecule has 168 valence electrons. The van der Waals surface area contributed by atoms with Gasteiger partial charge in [-0.05, 0) is 65.7 Å². The number of aliphatic hydroxyl groups is 4. The predicted molar refractivity (Wildman–Crippen MR) is 114 cm³/mol. The minimum absolute atomic E-state index is 0.0703. The van der Waals surface area contributed by atoms with Crippen LogP contribution in [0.25, 0.3) is 0 Å². The average molecular weight is 430 g/mol. The van der Waals surface area contributed by atoms with E-state index in [-0.39, 0.29) is 28.1 Å². The molecular weight excluding hydrogens is 400 g/mol. The van der Waals surface area contributed by atoms with E-state index in [1.807, 2.05) is 0 Å². The normalized spacial score (nSPS) is 42.7. The molecule has 1 heterocycles. The number of hydrogen-bond donors (Lipinski definition) is 4. The van der Waals surface area contributed by atoms with Crippen molar-refractivity contribution in [2.45, 2.75) is 65.5 Å². The quantitative estimate of drug-likeness (QED) is 0.392. The number of ketones is 2. The smallest absolute Gasteiger partial charge is 0.213 e. The molecule has 1 saturated heterocycles. The van der Waals surface area contributed by atoms with Crippen molar-refractivity contribution >= 4 is 11.6 Å². The van der Waals surface area contributed by atoms with Crippen LogP contribution >= 0.6 is 0 Å². The highest BCUT2D eigenvalue weighted by Gasteiger charge is 2.81. The van der Waals surface area contributed by atoms with Crippen molar-refractivity contribution in [3.8, 4) is 0 Å². The van der Waals surface area contributed by atoms with Gasteiger partial charge in [0.1, 0.15) is 22.7 Å². The number of carbonyl (C=O) groups is 2. The van der Waals surface area contributed by atoms with E-state index in [0.717, 1.165) is 0 Å². The molecule has 2 aliphatic carbocycles. The maximum absolute atomic E-state index is 13.6. The Morgan fingerprint density at radius 1 is 1.00 bits per heavy atom. The molecule has 0 spiro atoms. The molecule has 1 fully saturated rings. The van der Waals surface area contributed by atoms with Gasteiger partial charge in [-0.3, -0.25) is 9.59 Å². The molecule has 0 saturated carbocycles. The zero-order valence-electron chi connectivity index (χ0n) is 18.9. The lowest BCUT2D eigenvalue weighted by Crippen LogP contribution is -2.67. The van der Waals surface area contributed by atoms with Crippen LogP contribution in [0.15, 0.2) is 58.1 Å². The number of aliphatic hydroxyl groups excluding tert-OH is 2. The topological polar surface area (TPSA) is 124 Å². The molecule has 0 aromatic rings. The van der Waals surface area contributed by atoms with Gasteiger partial charge in [-0.25, -0.2) is 0 Å². The Morgan fingerprint density at radius 3 is 2.13 bits per heavy atom. The van der Waals surface area contributed by atoms with E-state index >= 15 is 0 Å². The molecule has 3 rings (SSSR count). The number of ether oxygens (including phenoxy) is 1. The van der Waals surface area contributed by atoms with Crippen molar-refractivity contribution in [3.05, 3.63) is 58.1 Å². The van der Waals surface area contributed by atoms with Crippen LogP contribution in [-0.4, -0.2) is 49.0 Å². The van der Waals surface area contributed by atoms with E-state index in [2.05, 4.69) is 0 Å². The number of fused-ring (bicyclic) bond motifs is 3. The summed E-state index contributed by atoms with van der Waals surface area (Å²) in [5.74, 6) is -5.76. The highest BCUT2D eigenvalue weighted by Crippen LogP contribution is 2.67. The first kappa shape index (κ1) is 23.2. The van der Waals surface area contributed by atoms with Gasteiger partial charge in [-0.2, -0.15) is 0 Å². The van der Waals surface area contributed by atoms with E-state index in [9.17, 15) is 30.0 Å². The lowest BCUT2D eigenvalue weighted by molar-refractivity contribution is -0.314. The summed E-state index contributed by atoms with van der Waals surface area (Å²) in [6.07, 6.45) is 6.27. The average Bonchev–Trinajstić information content (AvgIpc) is 2.90. The SMILES string of the molecule is C/C=C/C=C/C(O)=C1/C(O)=C(C)C(=O)[C@]2(C)O[C@]3(O)C(C)(O)C(C)=C(C)C(=O)[C@]3(C)[C@H]12. The van der Waals surface area contributed by atoms with Crippen LogP contribution in [0.2, 0.25) is 0 Å². The molecule has 0 bridgehead atoms. The Balaban J connectivity index is 2.45. The highest BCUT2D eigenvalue weighted by atomic mass is 16.7. The molecular formula is C24H30O7. The minimum atomic E-state index is -2.49. The maximum Gasteiger partial charge on any atom is 0.213 e. The largest absolute Gasteiger partial charge is 0.508 e. The summed E-state index contributed by atoms with van der Waals surface area (Å²) in [4.78, 5) is 26.9. The zero-order valence-corrected chi connectivity index (χ0v) is 18.9. The van der Waals surface area contributed by atoms with Crippen molar-refractivity contribution in [3.63, 3.8) is 0 Å². The fourth-order valence-corrected chi connectivity index (χ4v) is 5.46. The van der Waals surface area contributed by atoms with Gasteiger partial charge in [0.25, 0.3) is 0 Å². The summed E-state index contributed by atoms with van der Waals surface area (Å²) in [7, 11) is 0. The number of carbonyl (C=O) groups excluding carboxylic acids is 2. The Labute approximate surface area is 181 Å². The minimum Gasteiger partial charge on any atom is -0.508 e. The molecule has 3 aliphatic rings. The third-order valence-corrected chi connectivity index (χ3v) is 7.48. The van der Waals surface area contributed by atoms with Gasteiger partial charge in [-0.1, -0.05) is 18.2 Å². The van der Waals surface area contributed by atoms with E-state index in [1.165, 1.54) is 53.7 Å². The first-order valence-corrected chi connectivity index (χ1v) is 10.2. The number of hydrogen-bond acceptors (Lipinski definition) is 7. The number of Topliss-reactive ketones (excluding diaryl/α,β-unsaturated/α-hetero) is 2. The Bertz CT molecular complexity index is 1040. The van der Waals surface area contributed by atoms with E-state index in [0.29, 0.717) is 0 Å². The van der Waals surface area contributed by atoms with Gasteiger partial charge >= 0.3 is 0 Å². The van der Waals surface area contributed by atoms with Gasteiger partial charge in [-0.15, -0.1) is 0 Å². The van der Waals surface area contributed by atoms with Gasteiger partial charge < -0.3 is 25.2 Å². The third-order valence-electron chi connectivity index (χ3n) is 7.48. The summed E-state index contributed by atoms with van der Waals surface area (Å²) >= 11 is 0. The van der Waals surface area contributed by atoms with Crippen LogP contribution in [0.3, 0.4) is 0 Å². The fourth-order valence-electron chi connectivity index (χ4n) is 5.46. The standard InChI is InChI=1S/C24H30O7/c1-8-9-10-11-15(25)16-17(26)13(3)20(28)22(6)18(16)21(5)19(27)12(2)14(4)23(7,29)24(21,30)31-22/h8-11,18,25-26,29-30H,1-7H3/b9-8+,11-10+,16-15+/t18-,21-,22+,23?,24-/m0/s1. The Kier molecular flexibility index (Phi) is 5.05. The van der Waals surface area contributed by atoms with Gasteiger partial charge in [0.2, 0.25) is 5.79 Å². The van der Waals surface area contributed by atoms with Crippen LogP contribution in [-0.2, 0) is 14.3 Å². The van der Waals surface area contributed by atoms with Crippen LogP contribution < -0.4 is 0 Å². The van der Waals surface area contributed by atoms with Crippen molar-refractivity contribution in [2.75, 3.05) is 0 Å². The molecule has 1 aliphatic heterocycles. The lowest BCUT2D eigenvalue weighted by atomic mass is 9.52. The first-order chi connectivity index (χ1) is 14.1. The van der Waals surface area contributed by atoms with Crippen molar-refractivity contribution in [2.24, 2.45) is 11.3 Å². The maximum atomic E-state index is 13.6. The molecule has 5 atom stereocenters. The molecule has 0 aromatic heterocycles. The molecule has 31 heavy (non-hydrogen) atoms. The van der Waals surface area contributed by atoms with Crippen molar-refractivity contribution < 1.29 is 34.8 Å². The van der Waals surface area contributed by atoms with E-state index in [4.69, 9.17) is 4.74 Å². The fraction of sp³-hybridized carbons (Fsp3) is 0.500. The van der Waals surface area contributed by atoms with E-state index < -0.39 is 45.6 Å². The van der Waals surface area contributed by atoms with E-state index in [1.54, 1.807) is 19.1 Å². The third kappa shape index (κ3) is 2.51. The van der Waals surface area contributed by atoms with Crippen molar-refractivity contribution in [1.82, 2.24) is 0 Å². The zero-order chi connectivity index (χ0) is 23.7. The molecule has 0 radical (unpaired) electrons. The predicted octanol–water partition coefficient (Wildman–Crippen LogP) is 3.12. The number of allylic oxidation sites excluding steroid dienone is 6. The second-order valence-electron chi connectivity index (χ2n) is 9.13. The summed E-state index contributed by atoms with van der Waals surface area (Å²) < 4.78 is 5.96. The number of rotatable bonds is 2. The summed E-state index contributed by atoms with van der Waals surface area (Å²) in [6.45, 7) is 10.4. The molecule has 1 unspecified atom stereocenters. The molecule has 0 amide bonds. The van der Waals surface area contributed by atoms with Crippen LogP contribution in [0.5, 0.6) is 0 Å². The Morgan fingerprint density at radius 2 is 1.58 bits per heavy atom. The van der Waals surface area contributed by atoms with Crippen LogP contribution in [0, 0.1) is 11.3 Å². The summed E-state index contributed by atoms with van der Waals surface area (Å²) in [5.41, 5.74) is -5.41. The first-order valence-electron chi connectivity index (χ1n) is 10.2. The second-order valence-corrected chi connectivity index (χ2v) is 9.13. The van der Waals surface area contributed by atoms with Crippen LogP contribution in [0.4, 0.5) is 0 Å². The molecule has 4 N–H and O–H groups in total. The van der Waals surface area contributed by atoms with Gasteiger partial charge in [0.05, 0.1) is 5.41 Å². The Hall–Kier alpha value is -2.48. The van der Waals surface area contributed by atoms with Gasteiger partial charge in [0.15, 0.2) is 11.6 Å². The summed E-state index contributed by atoms with van der Waals surface area (Å²) in [5, 5.41) is 44.8.